The van der Waals surface area contributed by atoms with Gasteiger partial charge in [-0.05, 0) is 49.1 Å². The van der Waals surface area contributed by atoms with Crippen molar-refractivity contribution in [2.45, 2.75) is 39.5 Å². The highest BCUT2D eigenvalue weighted by molar-refractivity contribution is 7.92. The quantitative estimate of drug-likeness (QED) is 0.484. The second-order valence-corrected chi connectivity index (χ2v) is 11.0. The van der Waals surface area contributed by atoms with Crippen LogP contribution in [0.5, 0.6) is 0 Å². The van der Waals surface area contributed by atoms with Crippen molar-refractivity contribution in [3.63, 3.8) is 0 Å². The van der Waals surface area contributed by atoms with Crippen LogP contribution in [0.1, 0.15) is 43.6 Å². The first-order valence-corrected chi connectivity index (χ1v) is 12.5. The van der Waals surface area contributed by atoms with E-state index in [0.717, 1.165) is 9.87 Å². The van der Waals surface area contributed by atoms with Gasteiger partial charge in [-0.1, -0.05) is 51.5 Å². The molecule has 0 atom stereocenters. The topological polar surface area (TPSA) is 84.0 Å². The third kappa shape index (κ3) is 7.32. The van der Waals surface area contributed by atoms with Crippen molar-refractivity contribution in [1.82, 2.24) is 4.90 Å². The number of hydrogen-bond acceptors (Lipinski definition) is 5. The minimum Gasteiger partial charge on any atom is -0.452 e. The number of nitrogens with zero attached hydrogens (tertiary/aromatic N) is 2. The molecule has 33 heavy (non-hydrogen) atoms. The summed E-state index contributed by atoms with van der Waals surface area (Å²) in [7, 11) is -2.42. The van der Waals surface area contributed by atoms with Gasteiger partial charge in [-0.15, -0.1) is 0 Å². The van der Waals surface area contributed by atoms with Crippen LogP contribution in [-0.4, -0.2) is 51.9 Å². The molecule has 2 rings (SSSR count). The fourth-order valence-corrected chi connectivity index (χ4v) is 4.54. The molecule has 0 saturated heterocycles. The number of rotatable bonds is 10. The van der Waals surface area contributed by atoms with Crippen molar-refractivity contribution in [1.29, 1.82) is 0 Å². The minimum absolute atomic E-state index is 0.0346. The third-order valence-electron chi connectivity index (χ3n) is 4.98. The number of carbonyl (C=O) groups is 2. The van der Waals surface area contributed by atoms with Gasteiger partial charge in [0.05, 0.1) is 16.1 Å². The summed E-state index contributed by atoms with van der Waals surface area (Å²) in [4.78, 5) is 26.8. The second-order valence-electron chi connectivity index (χ2n) is 9.00. The molecule has 1 amide bonds. The van der Waals surface area contributed by atoms with Crippen LogP contribution in [0.25, 0.3) is 0 Å². The summed E-state index contributed by atoms with van der Waals surface area (Å²) >= 11 is 0. The van der Waals surface area contributed by atoms with Gasteiger partial charge in [0, 0.05) is 20.1 Å². The van der Waals surface area contributed by atoms with Crippen LogP contribution in [0, 0.1) is 18.8 Å². The summed E-state index contributed by atoms with van der Waals surface area (Å²) in [6.45, 7) is 10.8. The monoisotopic (exact) mass is 474 g/mol. The van der Waals surface area contributed by atoms with Crippen LogP contribution in [0.15, 0.2) is 53.4 Å². The number of esters is 1. The number of hydrogen-bond donors (Lipinski definition) is 0. The molecule has 8 heteroatoms. The summed E-state index contributed by atoms with van der Waals surface area (Å²) in [5.74, 6) is -0.437. The van der Waals surface area contributed by atoms with Crippen LogP contribution >= 0.6 is 0 Å². The number of sulfonamides is 1. The second kappa shape index (κ2) is 11.3. The molecule has 2 aromatic rings. The van der Waals surface area contributed by atoms with E-state index in [-0.39, 0.29) is 28.2 Å². The van der Waals surface area contributed by atoms with Gasteiger partial charge in [0.1, 0.15) is 0 Å². The summed E-state index contributed by atoms with van der Waals surface area (Å²) in [5, 5.41) is 0. The maximum atomic E-state index is 13.1. The number of aryl methyl sites for hydroxylation is 1. The Hall–Kier alpha value is -2.87. The van der Waals surface area contributed by atoms with E-state index >= 15 is 0 Å². The van der Waals surface area contributed by atoms with Gasteiger partial charge in [-0.2, -0.15) is 0 Å². The lowest BCUT2D eigenvalue weighted by atomic mass is 10.1. The van der Waals surface area contributed by atoms with Crippen molar-refractivity contribution < 1.29 is 22.7 Å². The van der Waals surface area contributed by atoms with Crippen LogP contribution in [-0.2, 0) is 19.6 Å². The Bertz CT molecular complexity index is 1050. The maximum Gasteiger partial charge on any atom is 0.338 e. The van der Waals surface area contributed by atoms with Gasteiger partial charge >= 0.3 is 5.97 Å². The smallest absolute Gasteiger partial charge is 0.338 e. The van der Waals surface area contributed by atoms with E-state index in [9.17, 15) is 18.0 Å². The van der Waals surface area contributed by atoms with Crippen molar-refractivity contribution in [3.05, 3.63) is 59.7 Å². The van der Waals surface area contributed by atoms with E-state index in [0.29, 0.717) is 18.8 Å². The number of benzene rings is 2. The normalized spacial score (nSPS) is 11.5. The minimum atomic E-state index is -3.88. The molecule has 0 aliphatic rings. The van der Waals surface area contributed by atoms with E-state index in [2.05, 4.69) is 0 Å². The van der Waals surface area contributed by atoms with E-state index < -0.39 is 22.6 Å². The van der Waals surface area contributed by atoms with Gasteiger partial charge in [-0.3, -0.25) is 9.10 Å². The molecule has 0 bridgehead atoms. The average Bonchev–Trinajstić information content (AvgIpc) is 2.76. The standard InChI is InChI=1S/C25H34N2O5S/c1-18(2)15-27(16-19(3)4)24(28)17-32-25(29)21-8-7-9-23(14-21)33(30,31)26(6)22-12-10-20(5)11-13-22/h7-14,18-19H,15-17H2,1-6H3. The zero-order valence-corrected chi connectivity index (χ0v) is 21.1. The van der Waals surface area contributed by atoms with Gasteiger partial charge in [0.15, 0.2) is 6.61 Å². The predicted octanol–water partition coefficient (Wildman–Crippen LogP) is 4.12. The molecule has 7 nitrogen and oxygen atoms in total. The van der Waals surface area contributed by atoms with Crippen molar-refractivity contribution in [2.75, 3.05) is 31.0 Å². The summed E-state index contributed by atoms with van der Waals surface area (Å²) in [5.41, 5.74) is 1.60. The fourth-order valence-electron chi connectivity index (χ4n) is 3.30. The van der Waals surface area contributed by atoms with Gasteiger partial charge in [0.25, 0.3) is 15.9 Å². The molecule has 0 radical (unpaired) electrons. The molecule has 0 N–H and O–H groups in total. The van der Waals surface area contributed by atoms with E-state index in [1.54, 1.807) is 17.0 Å². The lowest BCUT2D eigenvalue weighted by Gasteiger charge is -2.26. The number of anilines is 1. The Kier molecular flexibility index (Phi) is 9.05. The highest BCUT2D eigenvalue weighted by Crippen LogP contribution is 2.23. The van der Waals surface area contributed by atoms with Crippen molar-refractivity contribution in [3.8, 4) is 0 Å². The molecule has 0 heterocycles. The molecule has 0 spiro atoms. The van der Waals surface area contributed by atoms with E-state index in [1.165, 1.54) is 31.3 Å². The molecule has 2 aromatic carbocycles. The van der Waals surface area contributed by atoms with Gasteiger partial charge in [0.2, 0.25) is 0 Å². The predicted molar refractivity (Wildman–Crippen MR) is 130 cm³/mol. The molecule has 0 aliphatic carbocycles. The Morgan fingerprint density at radius 1 is 0.939 bits per heavy atom. The van der Waals surface area contributed by atoms with E-state index in [1.807, 2.05) is 46.8 Å². The number of ether oxygens (including phenoxy) is 1. The highest BCUT2D eigenvalue weighted by atomic mass is 32.2. The molecule has 0 unspecified atom stereocenters. The Balaban J connectivity index is 2.13. The Morgan fingerprint density at radius 2 is 1.52 bits per heavy atom. The number of carbonyl (C=O) groups excluding carboxylic acids is 2. The summed E-state index contributed by atoms with van der Waals surface area (Å²) in [6, 6.07) is 12.7. The van der Waals surface area contributed by atoms with E-state index in [4.69, 9.17) is 4.74 Å². The zero-order valence-electron chi connectivity index (χ0n) is 20.2. The largest absolute Gasteiger partial charge is 0.452 e. The summed E-state index contributed by atoms with van der Waals surface area (Å²) in [6.07, 6.45) is 0. The first kappa shape index (κ1) is 26.4. The van der Waals surface area contributed by atoms with Crippen LogP contribution < -0.4 is 4.31 Å². The average molecular weight is 475 g/mol. The molecule has 180 valence electrons. The molecule has 0 aromatic heterocycles. The lowest BCUT2D eigenvalue weighted by molar-refractivity contribution is -0.135. The third-order valence-corrected chi connectivity index (χ3v) is 6.76. The SMILES string of the molecule is Cc1ccc(N(C)S(=O)(=O)c2cccc(C(=O)OCC(=O)N(CC(C)C)CC(C)C)c2)cc1. The van der Waals surface area contributed by atoms with Gasteiger partial charge < -0.3 is 9.64 Å². The molecule has 0 fully saturated rings. The molecule has 0 aliphatic heterocycles. The Morgan fingerprint density at radius 3 is 2.06 bits per heavy atom. The first-order chi connectivity index (χ1) is 15.4. The van der Waals surface area contributed by atoms with Crippen LogP contribution in [0.3, 0.4) is 0 Å². The molecular weight excluding hydrogens is 440 g/mol. The van der Waals surface area contributed by atoms with Crippen molar-refractivity contribution in [2.24, 2.45) is 11.8 Å². The molecule has 0 saturated carbocycles. The van der Waals surface area contributed by atoms with Crippen molar-refractivity contribution >= 4 is 27.6 Å². The highest BCUT2D eigenvalue weighted by Gasteiger charge is 2.23. The zero-order chi connectivity index (χ0) is 24.8. The summed E-state index contributed by atoms with van der Waals surface area (Å²) < 4.78 is 32.5. The van der Waals surface area contributed by atoms with Crippen LogP contribution in [0.2, 0.25) is 0 Å². The maximum absolute atomic E-state index is 13.1. The van der Waals surface area contributed by atoms with Gasteiger partial charge in [-0.25, -0.2) is 13.2 Å². The number of amides is 1. The Labute approximate surface area is 197 Å². The first-order valence-electron chi connectivity index (χ1n) is 11.0. The lowest BCUT2D eigenvalue weighted by Crippen LogP contribution is -2.39. The fraction of sp³-hybridized carbons (Fsp3) is 0.440. The molecular formula is C25H34N2O5S. The van der Waals surface area contributed by atoms with Crippen LogP contribution in [0.4, 0.5) is 5.69 Å².